The molecule has 0 radical (unpaired) electrons. The summed E-state index contributed by atoms with van der Waals surface area (Å²) >= 11 is 0. The smallest absolute Gasteiger partial charge is 0.251 e. The Labute approximate surface area is 140 Å². The molecule has 130 valence electrons. The molecular formula is C19H31NO3. The molecule has 0 spiro atoms. The number of rotatable bonds is 10. The first-order valence-electron chi connectivity index (χ1n) is 8.68. The first-order chi connectivity index (χ1) is 11.0. The Hall–Kier alpha value is -1.71. The van der Waals surface area contributed by atoms with Crippen molar-refractivity contribution in [2.75, 3.05) is 13.2 Å². The molecule has 0 fully saturated rings. The van der Waals surface area contributed by atoms with Gasteiger partial charge in [-0.3, -0.25) is 4.79 Å². The van der Waals surface area contributed by atoms with Crippen molar-refractivity contribution < 1.29 is 14.3 Å². The van der Waals surface area contributed by atoms with Gasteiger partial charge in [0.2, 0.25) is 0 Å². The lowest BCUT2D eigenvalue weighted by Gasteiger charge is -2.16. The number of carbonyl (C=O) groups is 1. The molecule has 0 aliphatic rings. The number of nitrogens with one attached hydrogen (secondary N) is 1. The van der Waals surface area contributed by atoms with Crippen molar-refractivity contribution in [2.24, 2.45) is 5.92 Å². The maximum absolute atomic E-state index is 12.4. The number of amides is 1. The van der Waals surface area contributed by atoms with E-state index in [9.17, 15) is 4.79 Å². The first kappa shape index (κ1) is 19.3. The molecule has 1 aromatic rings. The Morgan fingerprint density at radius 2 is 1.70 bits per heavy atom. The van der Waals surface area contributed by atoms with Crippen LogP contribution < -0.4 is 14.8 Å². The highest BCUT2D eigenvalue weighted by Crippen LogP contribution is 2.28. The highest BCUT2D eigenvalue weighted by molar-refractivity contribution is 5.95. The van der Waals surface area contributed by atoms with Gasteiger partial charge in [-0.15, -0.1) is 0 Å². The fourth-order valence-corrected chi connectivity index (χ4v) is 2.40. The average Bonchev–Trinajstić information content (AvgIpc) is 2.49. The second-order valence-corrected chi connectivity index (χ2v) is 6.23. The van der Waals surface area contributed by atoms with Crippen LogP contribution in [0.15, 0.2) is 18.2 Å². The van der Waals surface area contributed by atoms with Crippen molar-refractivity contribution in [2.45, 2.75) is 59.9 Å². The molecule has 1 N–H and O–H groups in total. The van der Waals surface area contributed by atoms with Gasteiger partial charge < -0.3 is 14.8 Å². The van der Waals surface area contributed by atoms with E-state index in [-0.39, 0.29) is 11.9 Å². The maximum atomic E-state index is 12.4. The predicted molar refractivity (Wildman–Crippen MR) is 94.4 cm³/mol. The molecule has 4 heteroatoms. The van der Waals surface area contributed by atoms with Crippen molar-refractivity contribution in [1.82, 2.24) is 5.32 Å². The van der Waals surface area contributed by atoms with Crippen molar-refractivity contribution in [3.63, 3.8) is 0 Å². The number of hydrogen-bond donors (Lipinski definition) is 1. The second-order valence-electron chi connectivity index (χ2n) is 6.23. The minimum Gasteiger partial charge on any atom is -0.490 e. The number of benzene rings is 1. The normalized spacial score (nSPS) is 12.1. The summed E-state index contributed by atoms with van der Waals surface area (Å²) in [5.41, 5.74) is 0.604. The zero-order chi connectivity index (χ0) is 17.2. The zero-order valence-corrected chi connectivity index (χ0v) is 15.1. The number of hydrogen-bond acceptors (Lipinski definition) is 3. The Morgan fingerprint density at radius 1 is 1.04 bits per heavy atom. The van der Waals surface area contributed by atoms with E-state index >= 15 is 0 Å². The largest absolute Gasteiger partial charge is 0.490 e. The molecule has 1 rings (SSSR count). The molecule has 0 saturated carbocycles. The third-order valence-electron chi connectivity index (χ3n) is 3.60. The van der Waals surface area contributed by atoms with Crippen LogP contribution in [0.4, 0.5) is 0 Å². The lowest BCUT2D eigenvalue weighted by atomic mass is 10.0. The van der Waals surface area contributed by atoms with E-state index in [4.69, 9.17) is 9.47 Å². The minimum absolute atomic E-state index is 0.0638. The van der Waals surface area contributed by atoms with Gasteiger partial charge >= 0.3 is 0 Å². The molecule has 0 aliphatic carbocycles. The third kappa shape index (κ3) is 6.93. The Kier molecular flexibility index (Phi) is 8.52. The monoisotopic (exact) mass is 321 g/mol. The molecule has 0 unspecified atom stereocenters. The van der Waals surface area contributed by atoms with Crippen LogP contribution in [0.2, 0.25) is 0 Å². The summed E-state index contributed by atoms with van der Waals surface area (Å²) in [5.74, 6) is 1.94. The fraction of sp³-hybridized carbons (Fsp3) is 0.632. The molecule has 1 aromatic carbocycles. The Balaban J connectivity index is 2.66. The van der Waals surface area contributed by atoms with E-state index in [2.05, 4.69) is 26.1 Å². The van der Waals surface area contributed by atoms with Crippen LogP contribution in [0, 0.1) is 5.92 Å². The van der Waals surface area contributed by atoms with Gasteiger partial charge in [0.15, 0.2) is 11.5 Å². The van der Waals surface area contributed by atoms with E-state index in [1.807, 2.05) is 13.8 Å². The van der Waals surface area contributed by atoms with Gasteiger partial charge in [0.25, 0.3) is 5.91 Å². The summed E-state index contributed by atoms with van der Waals surface area (Å²) in [6, 6.07) is 5.50. The molecule has 0 heterocycles. The van der Waals surface area contributed by atoms with Crippen molar-refractivity contribution in [3.8, 4) is 11.5 Å². The van der Waals surface area contributed by atoms with Gasteiger partial charge in [0, 0.05) is 11.6 Å². The average molecular weight is 321 g/mol. The van der Waals surface area contributed by atoms with Crippen LogP contribution >= 0.6 is 0 Å². The second kappa shape index (κ2) is 10.1. The lowest BCUT2D eigenvalue weighted by Crippen LogP contribution is -2.32. The van der Waals surface area contributed by atoms with Gasteiger partial charge in [-0.1, -0.05) is 26.7 Å². The molecule has 0 saturated heterocycles. The molecule has 1 atom stereocenters. The van der Waals surface area contributed by atoms with Gasteiger partial charge in [0.1, 0.15) is 0 Å². The molecule has 0 aromatic heterocycles. The summed E-state index contributed by atoms with van der Waals surface area (Å²) in [5, 5.41) is 3.06. The third-order valence-corrected chi connectivity index (χ3v) is 3.60. The Morgan fingerprint density at radius 3 is 2.30 bits per heavy atom. The highest BCUT2D eigenvalue weighted by Gasteiger charge is 2.13. The molecule has 1 amide bonds. The van der Waals surface area contributed by atoms with E-state index in [0.29, 0.717) is 36.2 Å². The van der Waals surface area contributed by atoms with Crippen LogP contribution in [-0.4, -0.2) is 25.2 Å². The van der Waals surface area contributed by atoms with Crippen molar-refractivity contribution >= 4 is 5.91 Å². The zero-order valence-electron chi connectivity index (χ0n) is 15.1. The molecular weight excluding hydrogens is 290 g/mol. The van der Waals surface area contributed by atoms with Gasteiger partial charge in [-0.2, -0.15) is 0 Å². The highest BCUT2D eigenvalue weighted by atomic mass is 16.5. The number of carbonyl (C=O) groups excluding carboxylic acids is 1. The molecule has 23 heavy (non-hydrogen) atoms. The SMILES string of the molecule is CCOc1ccc(C(=O)N[C@H](C)CCCC(C)C)cc1OCC. The van der Waals surface area contributed by atoms with Crippen LogP contribution in [0.3, 0.4) is 0 Å². The van der Waals surface area contributed by atoms with Crippen molar-refractivity contribution in [1.29, 1.82) is 0 Å². The standard InChI is InChI=1S/C19H31NO3/c1-6-22-17-12-11-16(13-18(17)23-7-2)19(21)20-15(5)10-8-9-14(3)4/h11-15H,6-10H2,1-5H3,(H,20,21)/t15-/m1/s1. The summed E-state index contributed by atoms with van der Waals surface area (Å²) in [4.78, 5) is 12.4. The van der Waals surface area contributed by atoms with Crippen LogP contribution in [-0.2, 0) is 0 Å². The number of ether oxygens (including phenoxy) is 2. The van der Waals surface area contributed by atoms with Gasteiger partial charge in [-0.25, -0.2) is 0 Å². The Bertz CT molecular complexity index is 486. The van der Waals surface area contributed by atoms with Crippen LogP contribution in [0.1, 0.15) is 64.2 Å². The summed E-state index contributed by atoms with van der Waals surface area (Å²) < 4.78 is 11.1. The summed E-state index contributed by atoms with van der Waals surface area (Å²) in [6.07, 6.45) is 3.32. The quantitative estimate of drug-likeness (QED) is 0.693. The van der Waals surface area contributed by atoms with Gasteiger partial charge in [-0.05, 0) is 51.3 Å². The van der Waals surface area contributed by atoms with E-state index < -0.39 is 0 Å². The maximum Gasteiger partial charge on any atom is 0.251 e. The van der Waals surface area contributed by atoms with E-state index in [1.54, 1.807) is 18.2 Å². The fourth-order valence-electron chi connectivity index (χ4n) is 2.40. The topological polar surface area (TPSA) is 47.6 Å². The summed E-state index contributed by atoms with van der Waals surface area (Å²) in [7, 11) is 0. The van der Waals surface area contributed by atoms with Gasteiger partial charge in [0.05, 0.1) is 13.2 Å². The van der Waals surface area contributed by atoms with Crippen LogP contribution in [0.25, 0.3) is 0 Å². The van der Waals surface area contributed by atoms with E-state index in [1.165, 1.54) is 6.42 Å². The summed E-state index contributed by atoms with van der Waals surface area (Å²) in [6.45, 7) is 11.4. The predicted octanol–water partition coefficient (Wildman–Crippen LogP) is 4.43. The molecule has 4 nitrogen and oxygen atoms in total. The van der Waals surface area contributed by atoms with Crippen molar-refractivity contribution in [3.05, 3.63) is 23.8 Å². The minimum atomic E-state index is -0.0638. The lowest BCUT2D eigenvalue weighted by molar-refractivity contribution is 0.0937. The molecule has 0 aliphatic heterocycles. The van der Waals surface area contributed by atoms with E-state index in [0.717, 1.165) is 12.8 Å². The first-order valence-corrected chi connectivity index (χ1v) is 8.68. The molecule has 0 bridgehead atoms. The van der Waals surface area contributed by atoms with Crippen LogP contribution in [0.5, 0.6) is 11.5 Å².